The predicted octanol–water partition coefficient (Wildman–Crippen LogP) is 3.58. The summed E-state index contributed by atoms with van der Waals surface area (Å²) in [5.41, 5.74) is 2.77. The molecule has 1 amide bonds. The Morgan fingerprint density at radius 3 is 2.54 bits per heavy atom. The smallest absolute Gasteiger partial charge is 0.271 e. The van der Waals surface area contributed by atoms with Crippen LogP contribution in [0.2, 0.25) is 0 Å². The lowest BCUT2D eigenvalue weighted by Gasteiger charge is -2.18. The minimum absolute atomic E-state index is 0.00787. The Balaban J connectivity index is 1.93. The average Bonchev–Trinajstić information content (AvgIpc) is 2.59. The molecule has 24 heavy (non-hydrogen) atoms. The van der Waals surface area contributed by atoms with E-state index in [1.54, 1.807) is 12.1 Å². The summed E-state index contributed by atoms with van der Waals surface area (Å²) in [6.07, 6.45) is 0.783. The van der Waals surface area contributed by atoms with Gasteiger partial charge in [0.1, 0.15) is 0 Å². The van der Waals surface area contributed by atoms with Crippen molar-refractivity contribution in [1.29, 1.82) is 0 Å². The number of nitrogens with one attached hydrogen (secondary N) is 2. The van der Waals surface area contributed by atoms with E-state index in [0.29, 0.717) is 5.69 Å². The Labute approximate surface area is 141 Å². The maximum atomic E-state index is 12.1. The molecule has 0 fully saturated rings. The van der Waals surface area contributed by atoms with Gasteiger partial charge in [-0.3, -0.25) is 14.9 Å². The highest BCUT2D eigenvalue weighted by molar-refractivity contribution is 5.81. The number of carbonyl (C=O) groups is 1. The molecule has 126 valence electrons. The zero-order valence-corrected chi connectivity index (χ0v) is 13.8. The van der Waals surface area contributed by atoms with Gasteiger partial charge in [-0.05, 0) is 25.0 Å². The minimum atomic E-state index is -0.463. The molecule has 2 N–H and O–H groups in total. The highest BCUT2D eigenvalue weighted by atomic mass is 16.6. The van der Waals surface area contributed by atoms with Crippen molar-refractivity contribution < 1.29 is 9.72 Å². The fourth-order valence-corrected chi connectivity index (χ4v) is 2.38. The second-order valence-electron chi connectivity index (χ2n) is 5.60. The summed E-state index contributed by atoms with van der Waals surface area (Å²) >= 11 is 0. The Hall–Kier alpha value is -2.89. The number of rotatable bonds is 7. The second-order valence-corrected chi connectivity index (χ2v) is 5.60. The third-order valence-electron chi connectivity index (χ3n) is 3.73. The van der Waals surface area contributed by atoms with E-state index in [1.807, 2.05) is 38.1 Å². The minimum Gasteiger partial charge on any atom is -0.376 e. The first-order valence-corrected chi connectivity index (χ1v) is 7.84. The molecular formula is C18H21N3O3. The van der Waals surface area contributed by atoms with E-state index in [9.17, 15) is 14.9 Å². The molecular weight excluding hydrogens is 306 g/mol. The Bertz CT molecular complexity index is 714. The summed E-state index contributed by atoms with van der Waals surface area (Å²) in [6, 6.07) is 14.1. The largest absolute Gasteiger partial charge is 0.376 e. The lowest BCUT2D eigenvalue weighted by atomic mass is 10.0. The monoisotopic (exact) mass is 327 g/mol. The Morgan fingerprint density at radius 1 is 1.21 bits per heavy atom. The molecule has 0 aliphatic heterocycles. The predicted molar refractivity (Wildman–Crippen MR) is 93.9 cm³/mol. The van der Waals surface area contributed by atoms with Crippen LogP contribution in [0.1, 0.15) is 30.5 Å². The lowest BCUT2D eigenvalue weighted by molar-refractivity contribution is -0.384. The number of anilines is 1. The molecule has 0 aliphatic carbocycles. The molecule has 0 unspecified atom stereocenters. The van der Waals surface area contributed by atoms with E-state index in [4.69, 9.17) is 0 Å². The van der Waals surface area contributed by atoms with Crippen molar-refractivity contribution in [2.24, 2.45) is 0 Å². The molecule has 0 saturated heterocycles. The molecule has 0 heterocycles. The molecule has 0 radical (unpaired) electrons. The van der Waals surface area contributed by atoms with Crippen molar-refractivity contribution in [1.82, 2.24) is 5.32 Å². The van der Waals surface area contributed by atoms with Crippen LogP contribution in [0.3, 0.4) is 0 Å². The second kappa shape index (κ2) is 8.10. The standard InChI is InChI=1S/C18H21N3O3/c1-3-17(14-9-7-13(2)8-10-14)20-18(22)12-19-15-5-4-6-16(11-15)21(23)24/h4-11,17,19H,3,12H2,1-2H3,(H,20,22)/t17-/m1/s1. The number of non-ortho nitro benzene ring substituents is 1. The molecule has 1 atom stereocenters. The van der Waals surface area contributed by atoms with Crippen LogP contribution in [0.5, 0.6) is 0 Å². The van der Waals surface area contributed by atoms with Gasteiger partial charge in [0, 0.05) is 17.8 Å². The number of benzene rings is 2. The topological polar surface area (TPSA) is 84.3 Å². The van der Waals surface area contributed by atoms with Crippen molar-refractivity contribution in [3.8, 4) is 0 Å². The van der Waals surface area contributed by atoms with Crippen molar-refractivity contribution >= 4 is 17.3 Å². The van der Waals surface area contributed by atoms with E-state index in [-0.39, 0.29) is 24.2 Å². The number of nitrogens with zero attached hydrogens (tertiary/aromatic N) is 1. The number of carbonyl (C=O) groups excluding carboxylic acids is 1. The SMILES string of the molecule is CC[C@@H](NC(=O)CNc1cccc([N+](=O)[O-])c1)c1ccc(C)cc1. The quantitative estimate of drug-likeness (QED) is 0.601. The Morgan fingerprint density at radius 2 is 1.92 bits per heavy atom. The van der Waals surface area contributed by atoms with Crippen LogP contribution < -0.4 is 10.6 Å². The van der Waals surface area contributed by atoms with Crippen LogP contribution in [0.25, 0.3) is 0 Å². The summed E-state index contributed by atoms with van der Waals surface area (Å²) in [6.45, 7) is 4.09. The van der Waals surface area contributed by atoms with E-state index >= 15 is 0 Å². The zero-order valence-electron chi connectivity index (χ0n) is 13.8. The number of aryl methyl sites for hydroxylation is 1. The summed E-state index contributed by atoms with van der Waals surface area (Å²) in [5.74, 6) is -0.158. The highest BCUT2D eigenvalue weighted by Gasteiger charge is 2.13. The van der Waals surface area contributed by atoms with Crippen LogP contribution in [-0.4, -0.2) is 17.4 Å². The molecule has 0 saturated carbocycles. The molecule has 0 aromatic heterocycles. The van der Waals surface area contributed by atoms with E-state index < -0.39 is 4.92 Å². The first kappa shape index (κ1) is 17.5. The molecule has 2 aromatic rings. The van der Waals surface area contributed by atoms with Gasteiger partial charge in [-0.15, -0.1) is 0 Å². The van der Waals surface area contributed by atoms with Gasteiger partial charge in [-0.2, -0.15) is 0 Å². The molecule has 0 aliphatic rings. The van der Waals surface area contributed by atoms with Crippen molar-refractivity contribution in [3.63, 3.8) is 0 Å². The van der Waals surface area contributed by atoms with Crippen molar-refractivity contribution in [3.05, 3.63) is 69.8 Å². The first-order chi connectivity index (χ1) is 11.5. The van der Waals surface area contributed by atoms with Gasteiger partial charge in [0.05, 0.1) is 17.5 Å². The maximum absolute atomic E-state index is 12.1. The number of amides is 1. The third-order valence-corrected chi connectivity index (χ3v) is 3.73. The van der Waals surface area contributed by atoms with Crippen LogP contribution in [0, 0.1) is 17.0 Å². The van der Waals surface area contributed by atoms with Crippen molar-refractivity contribution in [2.45, 2.75) is 26.3 Å². The summed E-state index contributed by atoms with van der Waals surface area (Å²) in [7, 11) is 0. The zero-order chi connectivity index (χ0) is 17.5. The van der Waals surface area contributed by atoms with Crippen LogP contribution in [0.15, 0.2) is 48.5 Å². The fraction of sp³-hybridized carbons (Fsp3) is 0.278. The van der Waals surface area contributed by atoms with E-state index in [1.165, 1.54) is 17.7 Å². The summed E-state index contributed by atoms with van der Waals surface area (Å²) < 4.78 is 0. The first-order valence-electron chi connectivity index (χ1n) is 7.84. The lowest BCUT2D eigenvalue weighted by Crippen LogP contribution is -2.33. The summed E-state index contributed by atoms with van der Waals surface area (Å²) in [5, 5.41) is 16.6. The van der Waals surface area contributed by atoms with Crippen molar-refractivity contribution in [2.75, 3.05) is 11.9 Å². The van der Waals surface area contributed by atoms with E-state index in [2.05, 4.69) is 10.6 Å². The van der Waals surface area contributed by atoms with Gasteiger partial charge in [0.15, 0.2) is 0 Å². The van der Waals surface area contributed by atoms with Gasteiger partial charge in [0.2, 0.25) is 5.91 Å². The molecule has 6 nitrogen and oxygen atoms in total. The fourth-order valence-electron chi connectivity index (χ4n) is 2.38. The van der Waals surface area contributed by atoms with Gasteiger partial charge in [0.25, 0.3) is 5.69 Å². The van der Waals surface area contributed by atoms with Gasteiger partial charge < -0.3 is 10.6 Å². The number of hydrogen-bond acceptors (Lipinski definition) is 4. The summed E-state index contributed by atoms with van der Waals surface area (Å²) in [4.78, 5) is 22.4. The molecule has 2 rings (SSSR count). The molecule has 0 spiro atoms. The number of nitro groups is 1. The molecule has 6 heteroatoms. The Kier molecular flexibility index (Phi) is 5.89. The normalized spacial score (nSPS) is 11.6. The van der Waals surface area contributed by atoms with Gasteiger partial charge >= 0.3 is 0 Å². The highest BCUT2D eigenvalue weighted by Crippen LogP contribution is 2.18. The number of nitro benzene ring substituents is 1. The van der Waals surface area contributed by atoms with Gasteiger partial charge in [-0.25, -0.2) is 0 Å². The van der Waals surface area contributed by atoms with E-state index in [0.717, 1.165) is 12.0 Å². The average molecular weight is 327 g/mol. The van der Waals surface area contributed by atoms with Crippen LogP contribution in [0.4, 0.5) is 11.4 Å². The number of hydrogen-bond donors (Lipinski definition) is 2. The van der Waals surface area contributed by atoms with Crippen LogP contribution in [-0.2, 0) is 4.79 Å². The maximum Gasteiger partial charge on any atom is 0.271 e. The molecule has 0 bridgehead atoms. The van der Waals surface area contributed by atoms with Gasteiger partial charge in [-0.1, -0.05) is 42.8 Å². The third kappa shape index (κ3) is 4.81. The van der Waals surface area contributed by atoms with Crippen LogP contribution >= 0.6 is 0 Å². The molecule has 2 aromatic carbocycles.